The maximum Gasteiger partial charge on any atom is 0.158 e. The van der Waals surface area contributed by atoms with Crippen molar-refractivity contribution in [1.82, 2.24) is 0 Å². The quantitative estimate of drug-likeness (QED) is 0.688. The third-order valence-electron chi connectivity index (χ3n) is 1.61. The fourth-order valence-electron chi connectivity index (χ4n) is 1.07. The monoisotopic (exact) mass is 166 g/mol. The van der Waals surface area contributed by atoms with E-state index in [0.29, 0.717) is 13.0 Å². The molecule has 12 heavy (non-hydrogen) atoms. The lowest BCUT2D eigenvalue weighted by molar-refractivity contribution is -0.0927. The van der Waals surface area contributed by atoms with Gasteiger partial charge in [-0.15, -0.1) is 0 Å². The van der Waals surface area contributed by atoms with Gasteiger partial charge in [-0.05, 0) is 12.5 Å². The highest BCUT2D eigenvalue weighted by molar-refractivity contribution is 5.14. The van der Waals surface area contributed by atoms with Gasteiger partial charge in [0.25, 0.3) is 0 Å². The van der Waals surface area contributed by atoms with Crippen LogP contribution < -0.4 is 0 Å². The van der Waals surface area contributed by atoms with Crippen molar-refractivity contribution in [2.45, 2.75) is 19.6 Å². The SMILES string of the molecule is CCOC(O)Cc1ccccc1. The summed E-state index contributed by atoms with van der Waals surface area (Å²) in [6.45, 7) is 2.42. The molecular weight excluding hydrogens is 152 g/mol. The normalized spacial score (nSPS) is 12.8. The molecule has 0 aromatic heterocycles. The Morgan fingerprint density at radius 2 is 2.00 bits per heavy atom. The predicted octanol–water partition coefficient (Wildman–Crippen LogP) is 1.58. The fourth-order valence-corrected chi connectivity index (χ4v) is 1.07. The van der Waals surface area contributed by atoms with Crippen LogP contribution in [0.2, 0.25) is 0 Å². The van der Waals surface area contributed by atoms with Gasteiger partial charge in [0.05, 0.1) is 0 Å². The first-order valence-corrected chi connectivity index (χ1v) is 4.16. The minimum Gasteiger partial charge on any atom is -0.368 e. The first kappa shape index (κ1) is 9.23. The molecule has 1 rings (SSSR count). The van der Waals surface area contributed by atoms with Crippen molar-refractivity contribution in [3.8, 4) is 0 Å². The number of rotatable bonds is 4. The summed E-state index contributed by atoms with van der Waals surface area (Å²) in [4.78, 5) is 0. The standard InChI is InChI=1S/C10H14O2/c1-2-12-10(11)8-9-6-4-3-5-7-9/h3-7,10-11H,2,8H2,1H3. The number of benzene rings is 1. The van der Waals surface area contributed by atoms with E-state index in [4.69, 9.17) is 4.74 Å². The van der Waals surface area contributed by atoms with Crippen LogP contribution in [-0.4, -0.2) is 18.0 Å². The molecule has 0 aliphatic carbocycles. The van der Waals surface area contributed by atoms with Crippen LogP contribution in [0.3, 0.4) is 0 Å². The second-order valence-electron chi connectivity index (χ2n) is 2.60. The molecule has 0 aliphatic rings. The second kappa shape index (κ2) is 4.91. The van der Waals surface area contributed by atoms with E-state index in [2.05, 4.69) is 0 Å². The van der Waals surface area contributed by atoms with Gasteiger partial charge in [-0.1, -0.05) is 30.3 Å². The molecule has 0 fully saturated rings. The van der Waals surface area contributed by atoms with E-state index in [1.54, 1.807) is 0 Å². The van der Waals surface area contributed by atoms with Crippen LogP contribution in [0.1, 0.15) is 12.5 Å². The van der Waals surface area contributed by atoms with Gasteiger partial charge in [0, 0.05) is 13.0 Å². The largest absolute Gasteiger partial charge is 0.368 e. The highest BCUT2D eigenvalue weighted by atomic mass is 16.6. The lowest BCUT2D eigenvalue weighted by Gasteiger charge is -2.09. The molecule has 1 N–H and O–H groups in total. The Balaban J connectivity index is 2.41. The number of hydrogen-bond donors (Lipinski definition) is 1. The summed E-state index contributed by atoms with van der Waals surface area (Å²) in [5.41, 5.74) is 1.10. The van der Waals surface area contributed by atoms with E-state index in [1.807, 2.05) is 37.3 Å². The van der Waals surface area contributed by atoms with Crippen molar-refractivity contribution in [3.05, 3.63) is 35.9 Å². The molecule has 2 heteroatoms. The molecule has 0 bridgehead atoms. The van der Waals surface area contributed by atoms with Crippen LogP contribution in [0.5, 0.6) is 0 Å². The number of ether oxygens (including phenoxy) is 1. The van der Waals surface area contributed by atoms with Gasteiger partial charge in [0.15, 0.2) is 6.29 Å². The second-order valence-corrected chi connectivity index (χ2v) is 2.60. The first-order chi connectivity index (χ1) is 5.83. The maximum absolute atomic E-state index is 9.28. The van der Waals surface area contributed by atoms with Crippen molar-refractivity contribution in [2.24, 2.45) is 0 Å². The Kier molecular flexibility index (Phi) is 3.77. The van der Waals surface area contributed by atoms with Gasteiger partial charge < -0.3 is 9.84 Å². The number of aliphatic hydroxyl groups is 1. The lowest BCUT2D eigenvalue weighted by Crippen LogP contribution is -2.14. The molecular formula is C10H14O2. The molecule has 1 aromatic rings. The summed E-state index contributed by atoms with van der Waals surface area (Å²) in [5, 5.41) is 9.28. The molecule has 2 nitrogen and oxygen atoms in total. The van der Waals surface area contributed by atoms with E-state index in [9.17, 15) is 5.11 Å². The summed E-state index contributed by atoms with van der Waals surface area (Å²) < 4.78 is 5.00. The minimum atomic E-state index is -0.669. The summed E-state index contributed by atoms with van der Waals surface area (Å²) in [6, 6.07) is 9.81. The minimum absolute atomic E-state index is 0.550. The molecule has 0 saturated carbocycles. The van der Waals surface area contributed by atoms with E-state index >= 15 is 0 Å². The van der Waals surface area contributed by atoms with Gasteiger partial charge in [-0.3, -0.25) is 0 Å². The molecule has 0 heterocycles. The predicted molar refractivity (Wildman–Crippen MR) is 47.8 cm³/mol. The Hall–Kier alpha value is -0.860. The van der Waals surface area contributed by atoms with Gasteiger partial charge in [-0.25, -0.2) is 0 Å². The van der Waals surface area contributed by atoms with Gasteiger partial charge in [0.2, 0.25) is 0 Å². The van der Waals surface area contributed by atoms with Crippen molar-refractivity contribution in [1.29, 1.82) is 0 Å². The third-order valence-corrected chi connectivity index (χ3v) is 1.61. The molecule has 0 radical (unpaired) electrons. The first-order valence-electron chi connectivity index (χ1n) is 4.16. The fraction of sp³-hybridized carbons (Fsp3) is 0.400. The Bertz CT molecular complexity index is 208. The molecule has 1 unspecified atom stereocenters. The van der Waals surface area contributed by atoms with Crippen molar-refractivity contribution >= 4 is 0 Å². The zero-order valence-corrected chi connectivity index (χ0v) is 7.23. The van der Waals surface area contributed by atoms with Crippen LogP contribution in [0.4, 0.5) is 0 Å². The van der Waals surface area contributed by atoms with Crippen LogP contribution in [0, 0.1) is 0 Å². The molecule has 66 valence electrons. The van der Waals surface area contributed by atoms with Crippen molar-refractivity contribution < 1.29 is 9.84 Å². The molecule has 0 saturated heterocycles. The van der Waals surface area contributed by atoms with Crippen LogP contribution in [0.15, 0.2) is 30.3 Å². The van der Waals surface area contributed by atoms with Crippen molar-refractivity contribution in [3.63, 3.8) is 0 Å². The van der Waals surface area contributed by atoms with E-state index in [0.717, 1.165) is 5.56 Å². The summed E-state index contributed by atoms with van der Waals surface area (Å²) in [7, 11) is 0. The topological polar surface area (TPSA) is 29.5 Å². The summed E-state index contributed by atoms with van der Waals surface area (Å²) in [6.07, 6.45) is -0.105. The average Bonchev–Trinajstić information content (AvgIpc) is 2.06. The zero-order chi connectivity index (χ0) is 8.81. The van der Waals surface area contributed by atoms with E-state index in [1.165, 1.54) is 0 Å². The Labute approximate surface area is 72.8 Å². The van der Waals surface area contributed by atoms with E-state index in [-0.39, 0.29) is 0 Å². The number of hydrogen-bond acceptors (Lipinski definition) is 2. The highest BCUT2D eigenvalue weighted by Crippen LogP contribution is 2.03. The van der Waals surface area contributed by atoms with E-state index < -0.39 is 6.29 Å². The average molecular weight is 166 g/mol. The zero-order valence-electron chi connectivity index (χ0n) is 7.23. The Morgan fingerprint density at radius 1 is 1.33 bits per heavy atom. The molecule has 1 atom stereocenters. The molecule has 1 aromatic carbocycles. The maximum atomic E-state index is 9.28. The third kappa shape index (κ3) is 3.03. The van der Waals surface area contributed by atoms with Gasteiger partial charge in [0.1, 0.15) is 0 Å². The molecule has 0 amide bonds. The van der Waals surface area contributed by atoms with Crippen molar-refractivity contribution in [2.75, 3.05) is 6.61 Å². The van der Waals surface area contributed by atoms with Gasteiger partial charge in [-0.2, -0.15) is 0 Å². The summed E-state index contributed by atoms with van der Waals surface area (Å²) >= 11 is 0. The van der Waals surface area contributed by atoms with Crippen LogP contribution in [0.25, 0.3) is 0 Å². The van der Waals surface area contributed by atoms with Crippen LogP contribution >= 0.6 is 0 Å². The van der Waals surface area contributed by atoms with Crippen LogP contribution in [-0.2, 0) is 11.2 Å². The molecule has 0 spiro atoms. The van der Waals surface area contributed by atoms with Gasteiger partial charge >= 0.3 is 0 Å². The lowest BCUT2D eigenvalue weighted by atomic mass is 10.1. The molecule has 0 aliphatic heterocycles. The number of aliphatic hydroxyl groups excluding tert-OH is 1. The highest BCUT2D eigenvalue weighted by Gasteiger charge is 2.02. The smallest absolute Gasteiger partial charge is 0.158 e. The summed E-state index contributed by atoms with van der Waals surface area (Å²) in [5.74, 6) is 0. The Morgan fingerprint density at radius 3 is 2.58 bits per heavy atom.